The largest absolute Gasteiger partial charge is 0.377 e. The normalized spacial score (nSPS) is 13.9. The van der Waals surface area contributed by atoms with Gasteiger partial charge in [0.25, 0.3) is 0 Å². The Hall–Kier alpha value is -0.0800. The van der Waals surface area contributed by atoms with Gasteiger partial charge in [0.2, 0.25) is 0 Å². The summed E-state index contributed by atoms with van der Waals surface area (Å²) in [6, 6.07) is 0. The van der Waals surface area contributed by atoms with Crippen molar-refractivity contribution in [2.45, 2.75) is 26.4 Å². The Morgan fingerprint density at radius 1 is 1.62 bits per heavy atom. The van der Waals surface area contributed by atoms with Crippen molar-refractivity contribution >= 4 is 0 Å². The van der Waals surface area contributed by atoms with Crippen LogP contribution in [0.4, 0.5) is 0 Å². The number of hydrogen-bond donors (Lipinski definition) is 0. The van der Waals surface area contributed by atoms with Crippen LogP contribution >= 0.6 is 0 Å². The molecule has 1 N–H and O–H groups in total. The first-order chi connectivity index (χ1) is 3.81. The number of nitrogens with one attached hydrogen (secondary N) is 1. The Kier molecular flexibility index (Phi) is 5.01. The maximum atomic E-state index is 6.75. The monoisotopic (exact) mass is 116 g/mol. The summed E-state index contributed by atoms with van der Waals surface area (Å²) in [5, 5.41) is 0. The zero-order valence-corrected chi connectivity index (χ0v) is 5.61. The fourth-order valence-electron chi connectivity index (χ4n) is 0.378. The second kappa shape index (κ2) is 5.06. The average Bonchev–Trinajstić information content (AvgIpc) is 1.83. The van der Waals surface area contributed by atoms with Crippen LogP contribution in [-0.2, 0) is 4.74 Å². The van der Waals surface area contributed by atoms with E-state index in [0.29, 0.717) is 19.3 Å². The molecule has 0 aliphatic rings. The minimum absolute atomic E-state index is 0.334. The van der Waals surface area contributed by atoms with E-state index in [1.54, 1.807) is 0 Å². The summed E-state index contributed by atoms with van der Waals surface area (Å²) in [5.74, 6) is 0. The van der Waals surface area contributed by atoms with Gasteiger partial charge in [0, 0.05) is 6.54 Å². The van der Waals surface area contributed by atoms with E-state index in [-0.39, 0.29) is 0 Å². The molecule has 1 unspecified atom stereocenters. The summed E-state index contributed by atoms with van der Waals surface area (Å²) >= 11 is 0. The molecule has 0 aromatic heterocycles. The van der Waals surface area contributed by atoms with E-state index in [9.17, 15) is 0 Å². The summed E-state index contributed by atoms with van der Waals surface area (Å²) in [6.45, 7) is 5.06. The Labute approximate surface area is 51.0 Å². The minimum Gasteiger partial charge on any atom is -0.377 e. The van der Waals surface area contributed by atoms with Crippen molar-refractivity contribution in [3.05, 3.63) is 0 Å². The van der Waals surface area contributed by atoms with E-state index < -0.39 is 0 Å². The van der Waals surface area contributed by atoms with Crippen LogP contribution in [0.15, 0.2) is 0 Å². The van der Waals surface area contributed by atoms with Gasteiger partial charge in [-0.25, -0.2) is 0 Å². The highest BCUT2D eigenvalue weighted by molar-refractivity contribution is 4.43. The lowest BCUT2D eigenvalue weighted by Crippen LogP contribution is -2.10. The third-order valence-electron chi connectivity index (χ3n) is 1.08. The summed E-state index contributed by atoms with van der Waals surface area (Å²) in [4.78, 5) is 0. The van der Waals surface area contributed by atoms with Crippen LogP contribution in [-0.4, -0.2) is 19.3 Å². The molecule has 49 valence electrons. The second-order valence-electron chi connectivity index (χ2n) is 1.84. The van der Waals surface area contributed by atoms with E-state index in [2.05, 4.69) is 6.92 Å². The molecule has 0 aromatic rings. The van der Waals surface area contributed by atoms with Crippen molar-refractivity contribution in [2.24, 2.45) is 0 Å². The molecule has 2 nitrogen and oxygen atoms in total. The highest BCUT2D eigenvalue weighted by atomic mass is 16.5. The standard InChI is InChI=1S/C6H14NO/c1-3-6(2)8-5-4-7/h6-7H,3-5H2,1-2H3. The summed E-state index contributed by atoms with van der Waals surface area (Å²) in [5.41, 5.74) is 6.75. The van der Waals surface area contributed by atoms with Gasteiger partial charge in [-0.1, -0.05) is 6.92 Å². The van der Waals surface area contributed by atoms with Gasteiger partial charge in [-0.3, -0.25) is 5.73 Å². The van der Waals surface area contributed by atoms with Gasteiger partial charge in [-0.2, -0.15) is 0 Å². The maximum Gasteiger partial charge on any atom is 0.0608 e. The maximum absolute atomic E-state index is 6.75. The average molecular weight is 116 g/mol. The van der Waals surface area contributed by atoms with Gasteiger partial charge in [0.1, 0.15) is 0 Å². The van der Waals surface area contributed by atoms with Gasteiger partial charge in [-0.05, 0) is 13.3 Å². The van der Waals surface area contributed by atoms with Crippen LogP contribution in [0.25, 0.3) is 0 Å². The Balaban J connectivity index is 2.86. The predicted octanol–water partition coefficient (Wildman–Crippen LogP) is 1.08. The van der Waals surface area contributed by atoms with Crippen molar-refractivity contribution in [3.8, 4) is 0 Å². The third kappa shape index (κ3) is 4.09. The first kappa shape index (κ1) is 7.92. The fraction of sp³-hybridized carbons (Fsp3) is 1.00. The van der Waals surface area contributed by atoms with Crippen LogP contribution in [0.2, 0.25) is 0 Å². The molecule has 0 saturated heterocycles. The molecule has 0 fully saturated rings. The summed E-state index contributed by atoms with van der Waals surface area (Å²) in [6.07, 6.45) is 1.38. The topological polar surface area (TPSA) is 33.0 Å². The molecule has 0 saturated carbocycles. The highest BCUT2D eigenvalue weighted by Gasteiger charge is 1.94. The quantitative estimate of drug-likeness (QED) is 0.541. The smallest absolute Gasteiger partial charge is 0.0608 e. The first-order valence-electron chi connectivity index (χ1n) is 3.07. The van der Waals surface area contributed by atoms with Gasteiger partial charge >= 0.3 is 0 Å². The number of ether oxygens (including phenoxy) is 1. The molecule has 0 heterocycles. The molecular weight excluding hydrogens is 102 g/mol. The van der Waals surface area contributed by atoms with Crippen molar-refractivity contribution in [1.29, 1.82) is 0 Å². The van der Waals surface area contributed by atoms with Crippen LogP contribution < -0.4 is 5.73 Å². The zero-order valence-electron chi connectivity index (χ0n) is 5.61. The Morgan fingerprint density at radius 2 is 2.25 bits per heavy atom. The predicted molar refractivity (Wildman–Crippen MR) is 33.7 cm³/mol. The molecule has 0 amide bonds. The lowest BCUT2D eigenvalue weighted by molar-refractivity contribution is 0.0688. The Bertz CT molecular complexity index is 47.8. The zero-order chi connectivity index (χ0) is 6.41. The second-order valence-corrected chi connectivity index (χ2v) is 1.84. The van der Waals surface area contributed by atoms with Crippen LogP contribution in [0, 0.1) is 0 Å². The van der Waals surface area contributed by atoms with Crippen molar-refractivity contribution < 1.29 is 4.74 Å². The minimum atomic E-state index is 0.334. The lowest BCUT2D eigenvalue weighted by Gasteiger charge is -2.07. The fourth-order valence-corrected chi connectivity index (χ4v) is 0.378. The van der Waals surface area contributed by atoms with Crippen molar-refractivity contribution in [1.82, 2.24) is 5.73 Å². The highest BCUT2D eigenvalue weighted by Crippen LogP contribution is 1.93. The number of hydrogen-bond acceptors (Lipinski definition) is 1. The molecule has 0 bridgehead atoms. The van der Waals surface area contributed by atoms with Gasteiger partial charge in [0.15, 0.2) is 0 Å². The molecule has 2 heteroatoms. The molecule has 0 aromatic carbocycles. The molecule has 0 rings (SSSR count). The van der Waals surface area contributed by atoms with Crippen LogP contribution in [0.1, 0.15) is 20.3 Å². The first-order valence-corrected chi connectivity index (χ1v) is 3.07. The number of rotatable bonds is 4. The van der Waals surface area contributed by atoms with E-state index in [1.165, 1.54) is 0 Å². The lowest BCUT2D eigenvalue weighted by atomic mass is 10.3. The van der Waals surface area contributed by atoms with E-state index in [0.717, 1.165) is 6.42 Å². The molecule has 0 spiro atoms. The molecule has 0 aliphatic heterocycles. The Morgan fingerprint density at radius 3 is 2.62 bits per heavy atom. The molecule has 8 heavy (non-hydrogen) atoms. The molecule has 1 radical (unpaired) electrons. The van der Waals surface area contributed by atoms with E-state index >= 15 is 0 Å². The van der Waals surface area contributed by atoms with Gasteiger partial charge in [0.05, 0.1) is 12.7 Å². The summed E-state index contributed by atoms with van der Waals surface area (Å²) in [7, 11) is 0. The molecule has 0 aliphatic carbocycles. The van der Waals surface area contributed by atoms with Crippen molar-refractivity contribution in [3.63, 3.8) is 0 Å². The SMILES string of the molecule is CCC(C)OCC[NH]. The van der Waals surface area contributed by atoms with E-state index in [4.69, 9.17) is 10.5 Å². The molecular formula is C6H14NO. The van der Waals surface area contributed by atoms with Gasteiger partial charge in [-0.15, -0.1) is 0 Å². The van der Waals surface area contributed by atoms with Crippen molar-refractivity contribution in [2.75, 3.05) is 13.2 Å². The van der Waals surface area contributed by atoms with Crippen LogP contribution in [0.5, 0.6) is 0 Å². The molecule has 1 atom stereocenters. The van der Waals surface area contributed by atoms with Crippen LogP contribution in [0.3, 0.4) is 0 Å². The van der Waals surface area contributed by atoms with E-state index in [1.807, 2.05) is 6.92 Å². The summed E-state index contributed by atoms with van der Waals surface area (Å²) < 4.78 is 5.15. The third-order valence-corrected chi connectivity index (χ3v) is 1.08. The van der Waals surface area contributed by atoms with Gasteiger partial charge < -0.3 is 4.74 Å².